The molecule has 0 saturated carbocycles. The molecule has 0 aromatic carbocycles. The second kappa shape index (κ2) is 6.12. The smallest absolute Gasteiger partial charge is 0.303 e. The Morgan fingerprint density at radius 2 is 2.36 bits per heavy atom. The molecule has 0 aliphatic carbocycles. The van der Waals surface area contributed by atoms with Crippen LogP contribution in [0.2, 0.25) is 0 Å². The number of hydrogen-bond acceptors (Lipinski definition) is 3. The minimum absolute atomic E-state index is 0.226. The van der Waals surface area contributed by atoms with Crippen molar-refractivity contribution in [3.63, 3.8) is 0 Å². The highest BCUT2D eigenvalue weighted by molar-refractivity contribution is 5.66. The molecule has 0 spiro atoms. The minimum atomic E-state index is -0.743. The van der Waals surface area contributed by atoms with Crippen molar-refractivity contribution in [1.82, 2.24) is 5.32 Å². The van der Waals surface area contributed by atoms with Gasteiger partial charge in [0.1, 0.15) is 0 Å². The number of nitrogens with one attached hydrogen (secondary N) is 1. The van der Waals surface area contributed by atoms with Crippen molar-refractivity contribution in [3.05, 3.63) is 0 Å². The van der Waals surface area contributed by atoms with E-state index in [4.69, 9.17) is 10.8 Å². The third-order valence-corrected chi connectivity index (χ3v) is 1.41. The summed E-state index contributed by atoms with van der Waals surface area (Å²) >= 11 is 0. The highest BCUT2D eigenvalue weighted by atomic mass is 16.4. The van der Waals surface area contributed by atoms with Gasteiger partial charge in [-0.2, -0.15) is 0 Å². The molecular formula is C7H16N2O2. The average molecular weight is 160 g/mol. The number of aliphatic carboxylic acids is 1. The van der Waals surface area contributed by atoms with Crippen LogP contribution in [0.15, 0.2) is 0 Å². The molecule has 0 saturated heterocycles. The van der Waals surface area contributed by atoms with Crippen LogP contribution in [0, 0.1) is 0 Å². The van der Waals surface area contributed by atoms with Crippen LogP contribution in [-0.2, 0) is 4.79 Å². The van der Waals surface area contributed by atoms with Crippen LogP contribution in [0.4, 0.5) is 0 Å². The molecule has 0 bridgehead atoms. The van der Waals surface area contributed by atoms with Gasteiger partial charge in [0.2, 0.25) is 0 Å². The van der Waals surface area contributed by atoms with Crippen molar-refractivity contribution >= 4 is 5.97 Å². The molecule has 66 valence electrons. The average Bonchev–Trinajstić information content (AvgIpc) is 1.97. The number of rotatable bonds is 6. The van der Waals surface area contributed by atoms with Crippen LogP contribution in [0.25, 0.3) is 0 Å². The monoisotopic (exact) mass is 160 g/mol. The van der Waals surface area contributed by atoms with Gasteiger partial charge >= 0.3 is 5.97 Å². The summed E-state index contributed by atoms with van der Waals surface area (Å²) in [5, 5.41) is 11.4. The maximum absolute atomic E-state index is 10.1. The lowest BCUT2D eigenvalue weighted by Gasteiger charge is -2.09. The molecule has 4 N–H and O–H groups in total. The van der Waals surface area contributed by atoms with Crippen molar-refractivity contribution in [2.75, 3.05) is 13.1 Å². The van der Waals surface area contributed by atoms with E-state index in [1.807, 2.05) is 6.92 Å². The number of carboxylic acids is 1. The number of nitrogens with two attached hydrogens (primary N) is 1. The van der Waals surface area contributed by atoms with E-state index in [-0.39, 0.29) is 12.5 Å². The molecule has 1 atom stereocenters. The van der Waals surface area contributed by atoms with Crippen molar-refractivity contribution in [3.8, 4) is 0 Å². The zero-order valence-corrected chi connectivity index (χ0v) is 6.84. The molecule has 0 aromatic heterocycles. The standard InChI is InChI=1S/C7H16N2O2/c1-6(5-8)9-4-2-3-7(10)11/h6,9H,2-5,8H2,1H3,(H,10,11). The molecule has 0 heterocycles. The Balaban J connectivity index is 3.08. The van der Waals surface area contributed by atoms with E-state index in [2.05, 4.69) is 5.32 Å². The van der Waals surface area contributed by atoms with E-state index >= 15 is 0 Å². The molecule has 0 aromatic rings. The van der Waals surface area contributed by atoms with Gasteiger partial charge in [-0.25, -0.2) is 0 Å². The summed E-state index contributed by atoms with van der Waals surface area (Å²) in [6.45, 7) is 3.29. The van der Waals surface area contributed by atoms with Crippen molar-refractivity contribution in [2.45, 2.75) is 25.8 Å². The van der Waals surface area contributed by atoms with Crippen LogP contribution in [0.3, 0.4) is 0 Å². The fourth-order valence-corrected chi connectivity index (χ4v) is 0.671. The summed E-state index contributed by atoms with van der Waals surface area (Å²) < 4.78 is 0. The molecule has 1 unspecified atom stereocenters. The topological polar surface area (TPSA) is 75.3 Å². The van der Waals surface area contributed by atoms with Crippen molar-refractivity contribution in [2.24, 2.45) is 5.73 Å². The predicted octanol–water partition coefficient (Wildman–Crippen LogP) is -0.212. The highest BCUT2D eigenvalue weighted by Gasteiger charge is 1.98. The van der Waals surface area contributed by atoms with Gasteiger partial charge in [0.05, 0.1) is 0 Å². The third-order valence-electron chi connectivity index (χ3n) is 1.41. The summed E-state index contributed by atoms with van der Waals surface area (Å²) in [6.07, 6.45) is 0.893. The van der Waals surface area contributed by atoms with E-state index in [9.17, 15) is 4.79 Å². The second-order valence-corrected chi connectivity index (χ2v) is 2.59. The van der Waals surface area contributed by atoms with Gasteiger partial charge in [0.15, 0.2) is 0 Å². The van der Waals surface area contributed by atoms with Gasteiger partial charge in [-0.3, -0.25) is 4.79 Å². The molecular weight excluding hydrogens is 144 g/mol. The molecule has 0 fully saturated rings. The lowest BCUT2D eigenvalue weighted by Crippen LogP contribution is -2.33. The van der Waals surface area contributed by atoms with E-state index in [1.165, 1.54) is 0 Å². The van der Waals surface area contributed by atoms with Crippen LogP contribution in [-0.4, -0.2) is 30.2 Å². The summed E-state index contributed by atoms with van der Waals surface area (Å²) in [6, 6.07) is 0.281. The normalized spacial score (nSPS) is 12.9. The molecule has 11 heavy (non-hydrogen) atoms. The van der Waals surface area contributed by atoms with E-state index in [0.29, 0.717) is 13.0 Å². The van der Waals surface area contributed by atoms with Crippen LogP contribution in [0.5, 0.6) is 0 Å². The van der Waals surface area contributed by atoms with Gasteiger partial charge in [-0.15, -0.1) is 0 Å². The SMILES string of the molecule is CC(CN)NCCCC(=O)O. The van der Waals surface area contributed by atoms with Gasteiger partial charge in [-0.1, -0.05) is 0 Å². The van der Waals surface area contributed by atoms with Gasteiger partial charge < -0.3 is 16.2 Å². The first-order chi connectivity index (χ1) is 5.16. The van der Waals surface area contributed by atoms with E-state index < -0.39 is 5.97 Å². The first-order valence-electron chi connectivity index (χ1n) is 3.82. The summed E-state index contributed by atoms with van der Waals surface area (Å²) in [4.78, 5) is 10.1. The fourth-order valence-electron chi connectivity index (χ4n) is 0.671. The Morgan fingerprint density at radius 3 is 2.82 bits per heavy atom. The number of hydrogen-bond donors (Lipinski definition) is 3. The Labute approximate surface area is 66.8 Å². The third kappa shape index (κ3) is 7.29. The summed E-state index contributed by atoms with van der Waals surface area (Å²) in [5.74, 6) is -0.743. The summed E-state index contributed by atoms with van der Waals surface area (Å²) in [7, 11) is 0. The van der Waals surface area contributed by atoms with Crippen LogP contribution in [0.1, 0.15) is 19.8 Å². The fraction of sp³-hybridized carbons (Fsp3) is 0.857. The number of carboxylic acid groups (broad SMARTS) is 1. The first-order valence-corrected chi connectivity index (χ1v) is 3.82. The zero-order chi connectivity index (χ0) is 8.69. The van der Waals surface area contributed by atoms with Crippen LogP contribution < -0.4 is 11.1 Å². The molecule has 0 aliphatic heterocycles. The minimum Gasteiger partial charge on any atom is -0.481 e. The van der Waals surface area contributed by atoms with Gasteiger partial charge in [0, 0.05) is 19.0 Å². The van der Waals surface area contributed by atoms with E-state index in [0.717, 1.165) is 6.54 Å². The second-order valence-electron chi connectivity index (χ2n) is 2.59. The largest absolute Gasteiger partial charge is 0.481 e. The Hall–Kier alpha value is -0.610. The number of carbonyl (C=O) groups is 1. The Bertz CT molecular complexity index is 117. The van der Waals surface area contributed by atoms with E-state index in [1.54, 1.807) is 0 Å². The Morgan fingerprint density at radius 1 is 1.73 bits per heavy atom. The van der Waals surface area contributed by atoms with Gasteiger partial charge in [-0.05, 0) is 19.9 Å². The zero-order valence-electron chi connectivity index (χ0n) is 6.84. The highest BCUT2D eigenvalue weighted by Crippen LogP contribution is 1.86. The first kappa shape index (κ1) is 10.4. The molecule has 0 rings (SSSR count). The molecule has 0 amide bonds. The van der Waals surface area contributed by atoms with Crippen molar-refractivity contribution < 1.29 is 9.90 Å². The molecule has 0 aliphatic rings. The molecule has 4 nitrogen and oxygen atoms in total. The quantitative estimate of drug-likeness (QED) is 0.470. The maximum Gasteiger partial charge on any atom is 0.303 e. The molecule has 0 radical (unpaired) electrons. The lowest BCUT2D eigenvalue weighted by atomic mass is 10.3. The molecule has 4 heteroatoms. The van der Waals surface area contributed by atoms with Gasteiger partial charge in [0.25, 0.3) is 0 Å². The predicted molar refractivity (Wildman–Crippen MR) is 43.4 cm³/mol. The maximum atomic E-state index is 10.1. The summed E-state index contributed by atoms with van der Waals surface area (Å²) in [5.41, 5.74) is 5.34. The Kier molecular flexibility index (Phi) is 5.78. The lowest BCUT2D eigenvalue weighted by molar-refractivity contribution is -0.137. The van der Waals surface area contributed by atoms with Crippen LogP contribution >= 0.6 is 0 Å². The van der Waals surface area contributed by atoms with Crippen molar-refractivity contribution in [1.29, 1.82) is 0 Å².